The van der Waals surface area contributed by atoms with Gasteiger partial charge in [-0.05, 0) is 29.7 Å². The molecule has 0 aliphatic heterocycles. The molecule has 0 fully saturated rings. The van der Waals surface area contributed by atoms with Gasteiger partial charge in [0.2, 0.25) is 0 Å². The van der Waals surface area contributed by atoms with Crippen LogP contribution in [-0.2, 0) is 11.3 Å². The smallest absolute Gasteiger partial charge is 0.260 e. The molecule has 126 valence electrons. The fourth-order valence-corrected chi connectivity index (χ4v) is 3.23. The Labute approximate surface area is 142 Å². The lowest BCUT2D eigenvalue weighted by Crippen LogP contribution is -2.36. The van der Waals surface area contributed by atoms with Gasteiger partial charge in [-0.15, -0.1) is 0 Å². The normalized spacial score (nSPS) is 11.3. The summed E-state index contributed by atoms with van der Waals surface area (Å²) in [5.74, 6) is 5.47. The summed E-state index contributed by atoms with van der Waals surface area (Å²) in [4.78, 5) is 27.9. The van der Waals surface area contributed by atoms with Crippen molar-refractivity contribution in [1.82, 2.24) is 15.0 Å². The number of H-pyrrole nitrogens is 1. The fraction of sp³-hybridized carbons (Fsp3) is 0.111. The van der Waals surface area contributed by atoms with Crippen molar-refractivity contribution in [1.29, 1.82) is 0 Å². The van der Waals surface area contributed by atoms with E-state index in [4.69, 9.17) is 10.6 Å². The highest BCUT2D eigenvalue weighted by Gasteiger charge is 2.17. The summed E-state index contributed by atoms with van der Waals surface area (Å²) in [6.07, 6.45) is 0. The minimum atomic E-state index is -0.449. The first-order chi connectivity index (χ1) is 12.1. The summed E-state index contributed by atoms with van der Waals surface area (Å²) in [5, 5.41) is 3.16. The predicted octanol–water partition coefficient (Wildman–Crippen LogP) is 1.63. The molecule has 0 aliphatic rings. The molecule has 7 nitrogen and oxygen atoms in total. The number of rotatable bonds is 3. The van der Waals surface area contributed by atoms with Gasteiger partial charge in [0, 0.05) is 21.7 Å². The molecule has 0 atom stereocenters. The molecule has 2 aromatic heterocycles. The number of nitrogens with two attached hydrogens (primary N) is 1. The number of methoxy groups -OCH3 is 1. The molecule has 2 aromatic carbocycles. The number of fused-ring (bicyclic) bond motifs is 5. The highest BCUT2D eigenvalue weighted by molar-refractivity contribution is 6.19. The molecule has 0 radical (unpaired) electrons. The van der Waals surface area contributed by atoms with Gasteiger partial charge in [-0.3, -0.25) is 19.6 Å². The highest BCUT2D eigenvalue weighted by Crippen LogP contribution is 2.32. The number of nitrogens with zero attached hydrogens (tertiary/aromatic N) is 1. The van der Waals surface area contributed by atoms with Gasteiger partial charge in [-0.25, -0.2) is 5.84 Å². The Morgan fingerprint density at radius 3 is 2.68 bits per heavy atom. The standard InChI is InChI=1S/C18H16N4O3/c1-25-10-6-7-14-13(8-10)16-11-4-2-3-5-12(11)18(24)22(17(16)20-14)9-15(23)21-19/h2-8,20H,9,19H2,1H3,(H,21,23). The van der Waals surface area contributed by atoms with E-state index in [1.807, 2.05) is 30.3 Å². The van der Waals surface area contributed by atoms with Gasteiger partial charge in [0.05, 0.1) is 7.11 Å². The first-order valence-corrected chi connectivity index (χ1v) is 7.74. The number of aromatic amines is 1. The minimum Gasteiger partial charge on any atom is -0.497 e. The molecule has 7 heteroatoms. The second-order valence-electron chi connectivity index (χ2n) is 5.76. The average molecular weight is 336 g/mol. The number of hydrogen-bond acceptors (Lipinski definition) is 4. The number of benzene rings is 2. The number of nitrogens with one attached hydrogen (secondary N) is 2. The van der Waals surface area contributed by atoms with E-state index in [9.17, 15) is 9.59 Å². The maximum Gasteiger partial charge on any atom is 0.260 e. The predicted molar refractivity (Wildman–Crippen MR) is 96.5 cm³/mol. The van der Waals surface area contributed by atoms with Crippen LogP contribution >= 0.6 is 0 Å². The van der Waals surface area contributed by atoms with Crippen molar-refractivity contribution < 1.29 is 9.53 Å². The number of carbonyl (C=O) groups excluding carboxylic acids is 1. The van der Waals surface area contributed by atoms with E-state index in [0.717, 1.165) is 27.4 Å². The molecule has 25 heavy (non-hydrogen) atoms. The van der Waals surface area contributed by atoms with Crippen LogP contribution in [0.3, 0.4) is 0 Å². The third kappa shape index (κ3) is 2.25. The van der Waals surface area contributed by atoms with Gasteiger partial charge in [0.1, 0.15) is 17.9 Å². The number of aromatic nitrogens is 2. The van der Waals surface area contributed by atoms with Crippen LogP contribution in [0, 0.1) is 0 Å². The number of ether oxygens (including phenoxy) is 1. The Balaban J connectivity index is 2.21. The third-order valence-corrected chi connectivity index (χ3v) is 4.39. The van der Waals surface area contributed by atoms with Crippen molar-refractivity contribution in [3.8, 4) is 5.75 Å². The Morgan fingerprint density at radius 1 is 1.20 bits per heavy atom. The molecule has 0 aliphatic carbocycles. The van der Waals surface area contributed by atoms with E-state index in [-0.39, 0.29) is 12.1 Å². The zero-order valence-corrected chi connectivity index (χ0v) is 13.5. The maximum absolute atomic E-state index is 12.9. The van der Waals surface area contributed by atoms with Gasteiger partial charge in [-0.2, -0.15) is 0 Å². The molecule has 1 amide bonds. The molecule has 0 unspecified atom stereocenters. The van der Waals surface area contributed by atoms with Crippen LogP contribution in [0.5, 0.6) is 5.75 Å². The topological polar surface area (TPSA) is 102 Å². The Kier molecular flexibility index (Phi) is 3.43. The Hall–Kier alpha value is -3.32. The third-order valence-electron chi connectivity index (χ3n) is 4.39. The maximum atomic E-state index is 12.9. The number of carbonyl (C=O) groups is 1. The van der Waals surface area contributed by atoms with Crippen LogP contribution in [0.15, 0.2) is 47.3 Å². The largest absolute Gasteiger partial charge is 0.497 e. The van der Waals surface area contributed by atoms with Gasteiger partial charge in [0.15, 0.2) is 0 Å². The van der Waals surface area contributed by atoms with E-state index in [2.05, 4.69) is 10.4 Å². The summed E-state index contributed by atoms with van der Waals surface area (Å²) in [6.45, 7) is -0.166. The van der Waals surface area contributed by atoms with Crippen LogP contribution in [0.4, 0.5) is 0 Å². The summed E-state index contributed by atoms with van der Waals surface area (Å²) >= 11 is 0. The lowest BCUT2D eigenvalue weighted by Gasteiger charge is -2.09. The van der Waals surface area contributed by atoms with E-state index < -0.39 is 5.91 Å². The molecule has 4 N–H and O–H groups in total. The summed E-state index contributed by atoms with van der Waals surface area (Å²) in [7, 11) is 1.61. The Morgan fingerprint density at radius 2 is 1.96 bits per heavy atom. The lowest BCUT2D eigenvalue weighted by atomic mass is 10.1. The van der Waals surface area contributed by atoms with Crippen molar-refractivity contribution in [2.45, 2.75) is 6.54 Å². The number of hydrazine groups is 1. The van der Waals surface area contributed by atoms with Crippen molar-refractivity contribution in [3.63, 3.8) is 0 Å². The van der Waals surface area contributed by atoms with Crippen LogP contribution in [0.2, 0.25) is 0 Å². The molecule has 0 saturated heterocycles. The van der Waals surface area contributed by atoms with E-state index in [0.29, 0.717) is 11.0 Å². The van der Waals surface area contributed by atoms with Gasteiger partial charge < -0.3 is 9.72 Å². The second-order valence-corrected chi connectivity index (χ2v) is 5.76. The zero-order valence-electron chi connectivity index (χ0n) is 13.5. The molecular formula is C18H16N4O3. The van der Waals surface area contributed by atoms with Gasteiger partial charge in [0.25, 0.3) is 11.5 Å². The fourth-order valence-electron chi connectivity index (χ4n) is 3.23. The van der Waals surface area contributed by atoms with Crippen LogP contribution in [0.25, 0.3) is 32.7 Å². The van der Waals surface area contributed by atoms with Crippen molar-refractivity contribution in [3.05, 3.63) is 52.8 Å². The van der Waals surface area contributed by atoms with Gasteiger partial charge in [-0.1, -0.05) is 18.2 Å². The first kappa shape index (κ1) is 15.2. The molecule has 4 aromatic rings. The molecular weight excluding hydrogens is 320 g/mol. The quantitative estimate of drug-likeness (QED) is 0.301. The monoisotopic (exact) mass is 336 g/mol. The Bertz CT molecular complexity index is 1190. The van der Waals surface area contributed by atoms with E-state index in [1.165, 1.54) is 4.57 Å². The number of hydrogen-bond donors (Lipinski definition) is 3. The van der Waals surface area contributed by atoms with E-state index >= 15 is 0 Å². The van der Waals surface area contributed by atoms with Crippen molar-refractivity contribution in [2.24, 2.45) is 5.84 Å². The molecule has 0 saturated carbocycles. The van der Waals surface area contributed by atoms with E-state index in [1.54, 1.807) is 19.2 Å². The molecule has 2 heterocycles. The minimum absolute atomic E-state index is 0.166. The van der Waals surface area contributed by atoms with Crippen LogP contribution in [-0.4, -0.2) is 22.6 Å². The lowest BCUT2D eigenvalue weighted by molar-refractivity contribution is -0.121. The SMILES string of the molecule is COc1ccc2[nH]c3c(c2c1)c1ccccc1c(=O)n3CC(=O)NN. The molecule has 0 bridgehead atoms. The summed E-state index contributed by atoms with van der Waals surface area (Å²) in [5.41, 5.74) is 3.26. The summed E-state index contributed by atoms with van der Waals surface area (Å²) < 4.78 is 6.73. The first-order valence-electron chi connectivity index (χ1n) is 7.74. The number of pyridine rings is 1. The molecule has 0 spiro atoms. The van der Waals surface area contributed by atoms with Crippen LogP contribution < -0.4 is 21.6 Å². The number of amides is 1. The highest BCUT2D eigenvalue weighted by atomic mass is 16.5. The van der Waals surface area contributed by atoms with Crippen LogP contribution in [0.1, 0.15) is 0 Å². The summed E-state index contributed by atoms with van der Waals surface area (Å²) in [6, 6.07) is 13.0. The average Bonchev–Trinajstić information content (AvgIpc) is 3.03. The van der Waals surface area contributed by atoms with Crippen molar-refractivity contribution in [2.75, 3.05) is 7.11 Å². The second kappa shape index (κ2) is 5.64. The van der Waals surface area contributed by atoms with Gasteiger partial charge >= 0.3 is 0 Å². The molecule has 4 rings (SSSR count). The van der Waals surface area contributed by atoms with Crippen molar-refractivity contribution >= 4 is 38.6 Å². The zero-order chi connectivity index (χ0) is 17.6.